The minimum Gasteiger partial charge on any atom is -0.359 e. The Kier molecular flexibility index (Phi) is 9.84. The molecule has 0 amide bonds. The van der Waals surface area contributed by atoms with Gasteiger partial charge in [-0.15, -0.1) is 0 Å². The van der Waals surface area contributed by atoms with Gasteiger partial charge in [0.25, 0.3) is 0 Å². The van der Waals surface area contributed by atoms with Crippen molar-refractivity contribution >= 4 is 5.84 Å². The quantitative estimate of drug-likeness (QED) is 0.452. The molecule has 1 aliphatic rings. The second-order valence-corrected chi connectivity index (χ2v) is 5.86. The standard InChI is InChI=1S/C17H34N2/c1-3-5-6-7-8-9-10-11-12-13-17-18-14-16-19(17)15-4-2/h3-16H2,1-2H3. The van der Waals surface area contributed by atoms with Gasteiger partial charge in [0.1, 0.15) is 0 Å². The van der Waals surface area contributed by atoms with Crippen LogP contribution in [-0.2, 0) is 0 Å². The summed E-state index contributed by atoms with van der Waals surface area (Å²) >= 11 is 0. The van der Waals surface area contributed by atoms with Crippen molar-refractivity contribution in [2.24, 2.45) is 4.99 Å². The molecule has 2 nitrogen and oxygen atoms in total. The number of nitrogens with zero attached hydrogens (tertiary/aromatic N) is 2. The van der Waals surface area contributed by atoms with E-state index in [-0.39, 0.29) is 0 Å². The smallest absolute Gasteiger partial charge is 0.0990 e. The minimum absolute atomic E-state index is 1.03. The minimum atomic E-state index is 1.03. The number of amidine groups is 1. The maximum absolute atomic E-state index is 4.65. The molecule has 0 saturated carbocycles. The van der Waals surface area contributed by atoms with Crippen molar-refractivity contribution in [3.8, 4) is 0 Å². The highest BCUT2D eigenvalue weighted by Gasteiger charge is 2.14. The van der Waals surface area contributed by atoms with Gasteiger partial charge in [0.2, 0.25) is 0 Å². The lowest BCUT2D eigenvalue weighted by molar-refractivity contribution is 0.444. The molecule has 19 heavy (non-hydrogen) atoms. The molecule has 0 aliphatic carbocycles. The van der Waals surface area contributed by atoms with Gasteiger partial charge in [-0.2, -0.15) is 0 Å². The van der Waals surface area contributed by atoms with Crippen LogP contribution >= 0.6 is 0 Å². The van der Waals surface area contributed by atoms with Gasteiger partial charge in [0, 0.05) is 19.5 Å². The first kappa shape index (κ1) is 16.5. The second kappa shape index (κ2) is 11.3. The Morgan fingerprint density at radius 2 is 1.47 bits per heavy atom. The average molecular weight is 266 g/mol. The number of hydrogen-bond acceptors (Lipinski definition) is 2. The zero-order chi connectivity index (χ0) is 13.8. The summed E-state index contributed by atoms with van der Waals surface area (Å²) in [4.78, 5) is 7.14. The van der Waals surface area contributed by atoms with Crippen LogP contribution in [0.1, 0.15) is 84.5 Å². The summed E-state index contributed by atoms with van der Waals surface area (Å²) in [7, 11) is 0. The zero-order valence-corrected chi connectivity index (χ0v) is 13.3. The van der Waals surface area contributed by atoms with Gasteiger partial charge in [-0.05, 0) is 12.8 Å². The van der Waals surface area contributed by atoms with Gasteiger partial charge in [0.05, 0.1) is 12.4 Å². The van der Waals surface area contributed by atoms with Crippen molar-refractivity contribution in [1.82, 2.24) is 4.90 Å². The molecule has 0 bridgehead atoms. The van der Waals surface area contributed by atoms with E-state index in [1.165, 1.54) is 89.6 Å². The van der Waals surface area contributed by atoms with Crippen molar-refractivity contribution in [2.75, 3.05) is 19.6 Å². The monoisotopic (exact) mass is 266 g/mol. The van der Waals surface area contributed by atoms with Gasteiger partial charge in [-0.3, -0.25) is 4.99 Å². The molecule has 0 aromatic carbocycles. The Morgan fingerprint density at radius 1 is 0.842 bits per heavy atom. The van der Waals surface area contributed by atoms with E-state index in [2.05, 4.69) is 23.7 Å². The summed E-state index contributed by atoms with van der Waals surface area (Å²) in [5.74, 6) is 1.39. The van der Waals surface area contributed by atoms with E-state index in [0.717, 1.165) is 6.54 Å². The van der Waals surface area contributed by atoms with E-state index in [9.17, 15) is 0 Å². The molecule has 112 valence electrons. The Balaban J connectivity index is 1.90. The van der Waals surface area contributed by atoms with Crippen molar-refractivity contribution in [1.29, 1.82) is 0 Å². The molecule has 0 fully saturated rings. The van der Waals surface area contributed by atoms with Crippen molar-refractivity contribution in [3.63, 3.8) is 0 Å². The van der Waals surface area contributed by atoms with Crippen LogP contribution in [0.3, 0.4) is 0 Å². The molecule has 0 spiro atoms. The van der Waals surface area contributed by atoms with Crippen LogP contribution in [0.15, 0.2) is 4.99 Å². The molecule has 2 heteroatoms. The molecular weight excluding hydrogens is 232 g/mol. The molecule has 1 rings (SSSR count). The fourth-order valence-electron chi connectivity index (χ4n) is 2.87. The first-order chi connectivity index (χ1) is 9.38. The molecular formula is C17H34N2. The van der Waals surface area contributed by atoms with Crippen LogP contribution in [0.25, 0.3) is 0 Å². The highest BCUT2D eigenvalue weighted by Crippen LogP contribution is 2.13. The van der Waals surface area contributed by atoms with Crippen LogP contribution < -0.4 is 0 Å². The van der Waals surface area contributed by atoms with Crippen molar-refractivity contribution in [3.05, 3.63) is 0 Å². The molecule has 0 radical (unpaired) electrons. The SMILES string of the molecule is CCCCCCCCCCCC1=NCCN1CCC. The Labute approximate surface area is 120 Å². The van der Waals surface area contributed by atoms with E-state index >= 15 is 0 Å². The summed E-state index contributed by atoms with van der Waals surface area (Å²) in [5.41, 5.74) is 0. The predicted octanol–water partition coefficient (Wildman–Crippen LogP) is 5.03. The van der Waals surface area contributed by atoms with E-state index in [1.54, 1.807) is 0 Å². The molecule has 0 atom stereocenters. The number of aliphatic imine (C=N–C) groups is 1. The number of unbranched alkanes of at least 4 members (excludes halogenated alkanes) is 8. The molecule has 0 saturated heterocycles. The van der Waals surface area contributed by atoms with E-state index in [1.807, 2.05) is 0 Å². The van der Waals surface area contributed by atoms with Crippen LogP contribution in [0.5, 0.6) is 0 Å². The summed E-state index contributed by atoms with van der Waals surface area (Å²) < 4.78 is 0. The van der Waals surface area contributed by atoms with Gasteiger partial charge in [0.15, 0.2) is 0 Å². The third kappa shape index (κ3) is 7.59. The van der Waals surface area contributed by atoms with E-state index < -0.39 is 0 Å². The lowest BCUT2D eigenvalue weighted by Gasteiger charge is -2.19. The summed E-state index contributed by atoms with van der Waals surface area (Å²) in [6.45, 7) is 7.95. The van der Waals surface area contributed by atoms with Gasteiger partial charge < -0.3 is 4.90 Å². The number of rotatable bonds is 12. The Bertz CT molecular complexity index is 235. The fraction of sp³-hybridized carbons (Fsp3) is 0.941. The third-order valence-corrected chi connectivity index (χ3v) is 4.03. The fourth-order valence-corrected chi connectivity index (χ4v) is 2.87. The molecule has 1 aliphatic heterocycles. The van der Waals surface area contributed by atoms with E-state index in [4.69, 9.17) is 0 Å². The Morgan fingerprint density at radius 3 is 2.11 bits per heavy atom. The zero-order valence-electron chi connectivity index (χ0n) is 13.3. The van der Waals surface area contributed by atoms with Gasteiger partial charge in [-0.1, -0.05) is 65.2 Å². The average Bonchev–Trinajstić information content (AvgIpc) is 2.85. The summed E-state index contributed by atoms with van der Waals surface area (Å²) in [5, 5.41) is 0. The largest absolute Gasteiger partial charge is 0.359 e. The first-order valence-corrected chi connectivity index (χ1v) is 8.66. The molecule has 0 aromatic heterocycles. The van der Waals surface area contributed by atoms with Crippen LogP contribution in [-0.4, -0.2) is 30.4 Å². The third-order valence-electron chi connectivity index (χ3n) is 4.03. The molecule has 0 unspecified atom stereocenters. The molecule has 0 aromatic rings. The van der Waals surface area contributed by atoms with Gasteiger partial charge in [-0.25, -0.2) is 0 Å². The topological polar surface area (TPSA) is 15.6 Å². The Hall–Kier alpha value is -0.530. The lowest BCUT2D eigenvalue weighted by atomic mass is 10.1. The highest BCUT2D eigenvalue weighted by atomic mass is 15.2. The van der Waals surface area contributed by atoms with Crippen molar-refractivity contribution < 1.29 is 0 Å². The van der Waals surface area contributed by atoms with Crippen molar-refractivity contribution in [2.45, 2.75) is 84.5 Å². The van der Waals surface area contributed by atoms with Crippen LogP contribution in [0.4, 0.5) is 0 Å². The first-order valence-electron chi connectivity index (χ1n) is 8.66. The van der Waals surface area contributed by atoms with Crippen LogP contribution in [0.2, 0.25) is 0 Å². The predicted molar refractivity (Wildman–Crippen MR) is 86.0 cm³/mol. The maximum atomic E-state index is 4.65. The lowest BCUT2D eigenvalue weighted by Crippen LogP contribution is -2.28. The summed E-state index contributed by atoms with van der Waals surface area (Å²) in [6, 6.07) is 0. The van der Waals surface area contributed by atoms with E-state index in [0.29, 0.717) is 0 Å². The summed E-state index contributed by atoms with van der Waals surface area (Å²) in [6.07, 6.45) is 15.2. The number of hydrogen-bond donors (Lipinski definition) is 0. The second-order valence-electron chi connectivity index (χ2n) is 5.86. The van der Waals surface area contributed by atoms with Gasteiger partial charge >= 0.3 is 0 Å². The maximum Gasteiger partial charge on any atom is 0.0990 e. The molecule has 1 heterocycles. The normalized spacial score (nSPS) is 15.1. The van der Waals surface area contributed by atoms with Crippen LogP contribution in [0, 0.1) is 0 Å². The molecule has 0 N–H and O–H groups in total. The highest BCUT2D eigenvalue weighted by molar-refractivity contribution is 5.83.